The van der Waals surface area contributed by atoms with E-state index in [-0.39, 0.29) is 17.0 Å². The van der Waals surface area contributed by atoms with Crippen molar-refractivity contribution >= 4 is 34.3 Å². The first-order valence-electron chi connectivity index (χ1n) is 10.0. The van der Waals surface area contributed by atoms with Crippen LogP contribution in [0.25, 0.3) is 22.4 Å². The second-order valence-electron chi connectivity index (χ2n) is 7.29. The molecule has 4 aromatic rings. The summed E-state index contributed by atoms with van der Waals surface area (Å²) in [5.41, 5.74) is 2.19. The summed E-state index contributed by atoms with van der Waals surface area (Å²) in [5, 5.41) is 7.65. The molecular weight excluding hydrogens is 432 g/mol. The Morgan fingerprint density at radius 2 is 2.00 bits per heavy atom. The van der Waals surface area contributed by atoms with Gasteiger partial charge in [-0.15, -0.1) is 0 Å². The van der Waals surface area contributed by atoms with Gasteiger partial charge in [0.1, 0.15) is 29.2 Å². The summed E-state index contributed by atoms with van der Waals surface area (Å²) in [6.07, 6.45) is 1.68. The van der Waals surface area contributed by atoms with Gasteiger partial charge in [0.25, 0.3) is 11.3 Å². The number of nitrogens with one attached hydrogen (secondary N) is 1. The third kappa shape index (κ3) is 3.97. The van der Waals surface area contributed by atoms with E-state index in [1.165, 1.54) is 18.0 Å². The third-order valence-electron chi connectivity index (χ3n) is 5.18. The SMILES string of the molecule is CCC(C(=O)Nc1cc(C)ccc1OC)n1cnc2onc(-c3ccc(Cl)cc3)c2c1=O. The van der Waals surface area contributed by atoms with Crippen LogP contribution in [0.4, 0.5) is 5.69 Å². The zero-order chi connectivity index (χ0) is 22.8. The minimum atomic E-state index is -0.794. The molecule has 0 spiro atoms. The Kier molecular flexibility index (Phi) is 5.96. The van der Waals surface area contributed by atoms with Crippen molar-refractivity contribution in [1.82, 2.24) is 14.7 Å². The predicted molar refractivity (Wildman–Crippen MR) is 122 cm³/mol. The Morgan fingerprint density at radius 3 is 2.69 bits per heavy atom. The van der Waals surface area contributed by atoms with E-state index in [2.05, 4.69) is 15.5 Å². The quantitative estimate of drug-likeness (QED) is 0.458. The van der Waals surface area contributed by atoms with E-state index in [1.807, 2.05) is 26.0 Å². The molecule has 4 rings (SSSR count). The van der Waals surface area contributed by atoms with Crippen molar-refractivity contribution in [3.63, 3.8) is 0 Å². The van der Waals surface area contributed by atoms with Crippen molar-refractivity contribution in [3.05, 3.63) is 69.7 Å². The van der Waals surface area contributed by atoms with Crippen LogP contribution >= 0.6 is 11.6 Å². The number of aromatic nitrogens is 3. The molecule has 2 aromatic carbocycles. The number of carbonyl (C=O) groups excluding carboxylic acids is 1. The fourth-order valence-electron chi connectivity index (χ4n) is 3.53. The molecule has 1 N–H and O–H groups in total. The summed E-state index contributed by atoms with van der Waals surface area (Å²) < 4.78 is 11.9. The third-order valence-corrected chi connectivity index (χ3v) is 5.43. The Hall–Kier alpha value is -3.65. The first-order valence-corrected chi connectivity index (χ1v) is 10.4. The summed E-state index contributed by atoms with van der Waals surface area (Å²) in [7, 11) is 1.53. The molecular formula is C23H21ClN4O4. The lowest BCUT2D eigenvalue weighted by atomic mass is 10.1. The summed E-state index contributed by atoms with van der Waals surface area (Å²) in [6, 6.07) is 11.6. The number of anilines is 1. The van der Waals surface area contributed by atoms with Crippen molar-refractivity contribution in [2.45, 2.75) is 26.3 Å². The standard InChI is InChI=1S/C23H21ClN4O4/c1-4-17(21(29)26-16-11-13(2)5-10-18(16)31-3)28-12-25-22-19(23(28)30)20(27-32-22)14-6-8-15(24)9-7-14/h5-12,17H,4H2,1-3H3,(H,26,29). The Morgan fingerprint density at radius 1 is 1.25 bits per heavy atom. The van der Waals surface area contributed by atoms with E-state index >= 15 is 0 Å². The molecule has 32 heavy (non-hydrogen) atoms. The van der Waals surface area contributed by atoms with E-state index in [0.29, 0.717) is 34.1 Å². The molecule has 0 aliphatic carbocycles. The molecule has 8 nitrogen and oxygen atoms in total. The Labute approximate surface area is 188 Å². The molecule has 1 atom stereocenters. The number of halogens is 1. The number of hydrogen-bond acceptors (Lipinski definition) is 6. The van der Waals surface area contributed by atoms with Crippen LogP contribution in [0.3, 0.4) is 0 Å². The Balaban J connectivity index is 1.74. The summed E-state index contributed by atoms with van der Waals surface area (Å²) in [6.45, 7) is 3.74. The van der Waals surface area contributed by atoms with Crippen LogP contribution < -0.4 is 15.6 Å². The summed E-state index contributed by atoms with van der Waals surface area (Å²) in [4.78, 5) is 30.7. The van der Waals surface area contributed by atoms with Crippen LogP contribution in [0, 0.1) is 6.92 Å². The highest BCUT2D eigenvalue weighted by Crippen LogP contribution is 2.28. The smallest absolute Gasteiger partial charge is 0.267 e. The highest BCUT2D eigenvalue weighted by Gasteiger charge is 2.25. The van der Waals surface area contributed by atoms with Crippen LogP contribution in [0.5, 0.6) is 5.75 Å². The number of rotatable bonds is 6. The van der Waals surface area contributed by atoms with Crippen molar-refractivity contribution in [3.8, 4) is 17.0 Å². The molecule has 1 amide bonds. The summed E-state index contributed by atoms with van der Waals surface area (Å²) in [5.74, 6) is 0.174. The lowest BCUT2D eigenvalue weighted by Crippen LogP contribution is -2.33. The van der Waals surface area contributed by atoms with Crippen LogP contribution in [0.15, 0.2) is 58.1 Å². The topological polar surface area (TPSA) is 99.2 Å². The van der Waals surface area contributed by atoms with Gasteiger partial charge < -0.3 is 14.6 Å². The molecule has 0 saturated heterocycles. The van der Waals surface area contributed by atoms with Crippen molar-refractivity contribution < 1.29 is 14.1 Å². The van der Waals surface area contributed by atoms with Gasteiger partial charge in [0, 0.05) is 10.6 Å². The number of aryl methyl sites for hydroxylation is 1. The van der Waals surface area contributed by atoms with Gasteiger partial charge in [0.15, 0.2) is 0 Å². The lowest BCUT2D eigenvalue weighted by molar-refractivity contribution is -0.119. The maximum atomic E-state index is 13.4. The number of methoxy groups -OCH3 is 1. The molecule has 2 heterocycles. The van der Waals surface area contributed by atoms with Gasteiger partial charge in [0.05, 0.1) is 12.8 Å². The Bertz CT molecular complexity index is 1340. The van der Waals surface area contributed by atoms with Gasteiger partial charge in [-0.25, -0.2) is 4.98 Å². The predicted octanol–water partition coefficient (Wildman–Crippen LogP) is 4.61. The van der Waals surface area contributed by atoms with E-state index in [0.717, 1.165) is 5.56 Å². The minimum Gasteiger partial charge on any atom is -0.495 e. The number of nitrogens with zero attached hydrogens (tertiary/aromatic N) is 3. The maximum Gasteiger partial charge on any atom is 0.267 e. The molecule has 0 aliphatic heterocycles. The van der Waals surface area contributed by atoms with Gasteiger partial charge in [-0.3, -0.25) is 14.2 Å². The van der Waals surface area contributed by atoms with E-state index in [4.69, 9.17) is 20.9 Å². The number of fused-ring (bicyclic) bond motifs is 1. The van der Waals surface area contributed by atoms with E-state index in [9.17, 15) is 9.59 Å². The van der Waals surface area contributed by atoms with Crippen molar-refractivity contribution in [2.75, 3.05) is 12.4 Å². The van der Waals surface area contributed by atoms with E-state index in [1.54, 1.807) is 30.3 Å². The average Bonchev–Trinajstić information content (AvgIpc) is 3.21. The van der Waals surface area contributed by atoms with Gasteiger partial charge in [-0.1, -0.05) is 41.9 Å². The van der Waals surface area contributed by atoms with Crippen LogP contribution in [-0.4, -0.2) is 27.7 Å². The van der Waals surface area contributed by atoms with Crippen LogP contribution in [0.1, 0.15) is 24.9 Å². The maximum absolute atomic E-state index is 13.4. The molecule has 2 aromatic heterocycles. The van der Waals surface area contributed by atoms with Gasteiger partial charge in [0.2, 0.25) is 5.91 Å². The minimum absolute atomic E-state index is 0.104. The van der Waals surface area contributed by atoms with Crippen LogP contribution in [-0.2, 0) is 4.79 Å². The van der Waals surface area contributed by atoms with Crippen molar-refractivity contribution in [2.24, 2.45) is 0 Å². The zero-order valence-corrected chi connectivity index (χ0v) is 18.5. The molecule has 164 valence electrons. The zero-order valence-electron chi connectivity index (χ0n) is 17.8. The second-order valence-corrected chi connectivity index (χ2v) is 7.73. The van der Waals surface area contributed by atoms with Gasteiger partial charge in [-0.05, 0) is 43.2 Å². The number of hydrogen-bond donors (Lipinski definition) is 1. The highest BCUT2D eigenvalue weighted by atomic mass is 35.5. The lowest BCUT2D eigenvalue weighted by Gasteiger charge is -2.18. The largest absolute Gasteiger partial charge is 0.495 e. The molecule has 0 radical (unpaired) electrons. The molecule has 1 unspecified atom stereocenters. The molecule has 0 fully saturated rings. The first-order chi connectivity index (χ1) is 15.4. The second kappa shape index (κ2) is 8.84. The van der Waals surface area contributed by atoms with Crippen molar-refractivity contribution in [1.29, 1.82) is 0 Å². The molecule has 0 bridgehead atoms. The number of carbonyl (C=O) groups is 1. The number of amides is 1. The van der Waals surface area contributed by atoms with Gasteiger partial charge in [-0.2, -0.15) is 0 Å². The highest BCUT2D eigenvalue weighted by molar-refractivity contribution is 6.30. The molecule has 0 saturated carbocycles. The first kappa shape index (κ1) is 21.6. The number of benzene rings is 2. The fourth-order valence-corrected chi connectivity index (χ4v) is 3.66. The van der Waals surface area contributed by atoms with Crippen LogP contribution in [0.2, 0.25) is 5.02 Å². The molecule has 0 aliphatic rings. The molecule has 9 heteroatoms. The summed E-state index contributed by atoms with van der Waals surface area (Å²) >= 11 is 5.97. The fraction of sp³-hybridized carbons (Fsp3) is 0.217. The normalized spacial score (nSPS) is 12.0. The van der Waals surface area contributed by atoms with Gasteiger partial charge >= 0.3 is 0 Å². The van der Waals surface area contributed by atoms with E-state index < -0.39 is 11.6 Å². The average molecular weight is 453 g/mol. The number of ether oxygens (including phenoxy) is 1. The monoisotopic (exact) mass is 452 g/mol.